The predicted octanol–water partition coefficient (Wildman–Crippen LogP) is 3.67. The van der Waals surface area contributed by atoms with E-state index in [4.69, 9.17) is 4.98 Å². The summed E-state index contributed by atoms with van der Waals surface area (Å²) in [4.78, 5) is 8.45. The molecule has 0 atom stereocenters. The number of pyridine rings is 1. The van der Waals surface area contributed by atoms with E-state index in [9.17, 15) is 0 Å². The van der Waals surface area contributed by atoms with Gasteiger partial charge in [-0.25, -0.2) is 4.98 Å². The highest BCUT2D eigenvalue weighted by molar-refractivity contribution is 7.09. The van der Waals surface area contributed by atoms with Crippen LogP contribution >= 0.6 is 11.3 Å². The number of hydrogen-bond donors (Lipinski definition) is 1. The van der Waals surface area contributed by atoms with Crippen LogP contribution in [0.1, 0.15) is 31.3 Å². The maximum absolute atomic E-state index is 4.76. The molecule has 0 saturated carbocycles. The van der Waals surface area contributed by atoms with Gasteiger partial charge in [0, 0.05) is 24.0 Å². The molecular formula is C16H23N3S. The molecule has 20 heavy (non-hydrogen) atoms. The van der Waals surface area contributed by atoms with E-state index in [0.29, 0.717) is 6.04 Å². The van der Waals surface area contributed by atoms with Crippen molar-refractivity contribution in [2.24, 2.45) is 0 Å². The van der Waals surface area contributed by atoms with Crippen molar-refractivity contribution in [2.75, 3.05) is 11.4 Å². The third-order valence-corrected chi connectivity index (χ3v) is 3.98. The molecule has 0 aliphatic heterocycles. The molecule has 0 aliphatic rings. The second-order valence-electron chi connectivity index (χ2n) is 5.12. The first kappa shape index (κ1) is 15.0. The van der Waals surface area contributed by atoms with E-state index >= 15 is 0 Å². The zero-order chi connectivity index (χ0) is 14.4. The van der Waals surface area contributed by atoms with Crippen molar-refractivity contribution in [2.45, 2.75) is 39.9 Å². The molecule has 0 fully saturated rings. The quantitative estimate of drug-likeness (QED) is 0.843. The summed E-state index contributed by atoms with van der Waals surface area (Å²) in [6.07, 6.45) is 0. The van der Waals surface area contributed by atoms with Crippen LogP contribution in [-0.4, -0.2) is 17.6 Å². The molecule has 3 nitrogen and oxygen atoms in total. The van der Waals surface area contributed by atoms with Crippen molar-refractivity contribution in [3.63, 3.8) is 0 Å². The van der Waals surface area contributed by atoms with Crippen LogP contribution in [0, 0.1) is 0 Å². The van der Waals surface area contributed by atoms with Crippen molar-refractivity contribution < 1.29 is 0 Å². The zero-order valence-electron chi connectivity index (χ0n) is 12.5. The van der Waals surface area contributed by atoms with Gasteiger partial charge in [-0.3, -0.25) is 0 Å². The number of rotatable bonds is 7. The summed E-state index contributed by atoms with van der Waals surface area (Å²) in [5, 5.41) is 5.54. The second kappa shape index (κ2) is 7.41. The third-order valence-electron chi connectivity index (χ3n) is 3.12. The molecule has 2 aromatic rings. The summed E-state index contributed by atoms with van der Waals surface area (Å²) in [7, 11) is 0. The zero-order valence-corrected chi connectivity index (χ0v) is 13.3. The van der Waals surface area contributed by atoms with Crippen LogP contribution < -0.4 is 10.2 Å². The highest BCUT2D eigenvalue weighted by Crippen LogP contribution is 2.17. The minimum atomic E-state index is 0.480. The van der Waals surface area contributed by atoms with Gasteiger partial charge in [0.2, 0.25) is 0 Å². The highest BCUT2D eigenvalue weighted by atomic mass is 32.1. The Bertz CT molecular complexity index is 508. The molecular weight excluding hydrogens is 266 g/mol. The Morgan fingerprint density at radius 2 is 2.10 bits per heavy atom. The molecule has 2 heterocycles. The number of aromatic nitrogens is 1. The fourth-order valence-electron chi connectivity index (χ4n) is 2.00. The lowest BCUT2D eigenvalue weighted by atomic mass is 10.3. The summed E-state index contributed by atoms with van der Waals surface area (Å²) in [6.45, 7) is 9.20. The average molecular weight is 289 g/mol. The normalized spacial score (nSPS) is 11.0. The molecule has 0 saturated heterocycles. The monoisotopic (exact) mass is 289 g/mol. The Balaban J connectivity index is 2.07. The second-order valence-corrected chi connectivity index (χ2v) is 6.15. The van der Waals surface area contributed by atoms with Gasteiger partial charge in [0.05, 0.1) is 12.2 Å². The lowest BCUT2D eigenvalue weighted by molar-refractivity contribution is 0.581. The summed E-state index contributed by atoms with van der Waals surface area (Å²) in [5.41, 5.74) is 1.10. The largest absolute Gasteiger partial charge is 0.352 e. The van der Waals surface area contributed by atoms with Crippen LogP contribution in [0.4, 0.5) is 5.82 Å². The molecule has 0 bridgehead atoms. The lowest BCUT2D eigenvalue weighted by Gasteiger charge is -2.22. The Morgan fingerprint density at radius 3 is 2.75 bits per heavy atom. The van der Waals surface area contributed by atoms with Gasteiger partial charge < -0.3 is 10.2 Å². The van der Waals surface area contributed by atoms with Crippen LogP contribution in [0.3, 0.4) is 0 Å². The standard InChI is InChI=1S/C16H23N3S/c1-4-19(12-15-8-6-10-20-15)16-9-5-7-14(18-16)11-17-13(2)3/h5-10,13,17H,4,11-12H2,1-3H3. The first-order valence-corrected chi connectivity index (χ1v) is 8.03. The molecule has 4 heteroatoms. The van der Waals surface area contributed by atoms with Gasteiger partial charge in [-0.2, -0.15) is 0 Å². The molecule has 108 valence electrons. The van der Waals surface area contributed by atoms with Gasteiger partial charge in [-0.15, -0.1) is 11.3 Å². The first-order chi connectivity index (χ1) is 9.69. The van der Waals surface area contributed by atoms with E-state index in [2.05, 4.69) is 66.7 Å². The van der Waals surface area contributed by atoms with E-state index in [-0.39, 0.29) is 0 Å². The smallest absolute Gasteiger partial charge is 0.129 e. The number of anilines is 1. The summed E-state index contributed by atoms with van der Waals surface area (Å²) >= 11 is 1.80. The van der Waals surface area contributed by atoms with Crippen LogP contribution in [0.5, 0.6) is 0 Å². The van der Waals surface area contributed by atoms with E-state index in [1.807, 2.05) is 0 Å². The molecule has 1 N–H and O–H groups in total. The minimum Gasteiger partial charge on any atom is -0.352 e. The van der Waals surface area contributed by atoms with Gasteiger partial charge in [-0.1, -0.05) is 26.0 Å². The number of nitrogens with one attached hydrogen (secondary N) is 1. The number of nitrogens with zero attached hydrogens (tertiary/aromatic N) is 2. The molecule has 0 amide bonds. The Labute approximate surface area is 125 Å². The molecule has 2 aromatic heterocycles. The van der Waals surface area contributed by atoms with Gasteiger partial charge >= 0.3 is 0 Å². The van der Waals surface area contributed by atoms with Gasteiger partial charge in [0.15, 0.2) is 0 Å². The molecule has 0 unspecified atom stereocenters. The van der Waals surface area contributed by atoms with Crippen LogP contribution in [0.25, 0.3) is 0 Å². The molecule has 0 aliphatic carbocycles. The van der Waals surface area contributed by atoms with E-state index < -0.39 is 0 Å². The molecule has 0 spiro atoms. The maximum atomic E-state index is 4.76. The Morgan fingerprint density at radius 1 is 1.25 bits per heavy atom. The van der Waals surface area contributed by atoms with Gasteiger partial charge in [0.1, 0.15) is 5.82 Å². The average Bonchev–Trinajstić information content (AvgIpc) is 2.96. The lowest BCUT2D eigenvalue weighted by Crippen LogP contribution is -2.25. The topological polar surface area (TPSA) is 28.2 Å². The Hall–Kier alpha value is -1.39. The van der Waals surface area contributed by atoms with Crippen molar-refractivity contribution in [3.8, 4) is 0 Å². The number of thiophene rings is 1. The van der Waals surface area contributed by atoms with Gasteiger partial charge in [0.25, 0.3) is 0 Å². The van der Waals surface area contributed by atoms with Crippen molar-refractivity contribution in [1.29, 1.82) is 0 Å². The predicted molar refractivity (Wildman–Crippen MR) is 87.3 cm³/mol. The minimum absolute atomic E-state index is 0.480. The van der Waals surface area contributed by atoms with Crippen LogP contribution in [-0.2, 0) is 13.1 Å². The van der Waals surface area contributed by atoms with E-state index in [1.165, 1.54) is 4.88 Å². The van der Waals surface area contributed by atoms with Crippen LogP contribution in [0.15, 0.2) is 35.7 Å². The summed E-state index contributed by atoms with van der Waals surface area (Å²) in [6, 6.07) is 11.0. The number of hydrogen-bond acceptors (Lipinski definition) is 4. The summed E-state index contributed by atoms with van der Waals surface area (Å²) in [5.74, 6) is 1.06. The van der Waals surface area contributed by atoms with Crippen molar-refractivity contribution in [3.05, 3.63) is 46.3 Å². The highest BCUT2D eigenvalue weighted by Gasteiger charge is 2.08. The Kier molecular flexibility index (Phi) is 5.56. The van der Waals surface area contributed by atoms with E-state index in [0.717, 1.165) is 31.1 Å². The van der Waals surface area contributed by atoms with Gasteiger partial charge in [-0.05, 0) is 30.5 Å². The maximum Gasteiger partial charge on any atom is 0.129 e. The van der Waals surface area contributed by atoms with Crippen LogP contribution in [0.2, 0.25) is 0 Å². The van der Waals surface area contributed by atoms with Crippen molar-refractivity contribution >= 4 is 17.2 Å². The fraction of sp³-hybridized carbons (Fsp3) is 0.438. The molecule has 2 rings (SSSR count). The molecule has 0 radical (unpaired) electrons. The third kappa shape index (κ3) is 4.32. The van der Waals surface area contributed by atoms with E-state index in [1.54, 1.807) is 11.3 Å². The SMILES string of the molecule is CCN(Cc1cccs1)c1cccc(CNC(C)C)n1. The van der Waals surface area contributed by atoms with Crippen molar-refractivity contribution in [1.82, 2.24) is 10.3 Å². The summed E-state index contributed by atoms with van der Waals surface area (Å²) < 4.78 is 0. The first-order valence-electron chi connectivity index (χ1n) is 7.15. The fourth-order valence-corrected chi connectivity index (χ4v) is 2.72. The molecule has 0 aromatic carbocycles.